The lowest BCUT2D eigenvalue weighted by molar-refractivity contribution is 0.176. The molecular formula is C18H31N3. The normalized spacial score (nSPS) is 21.4. The van der Waals surface area contributed by atoms with Gasteiger partial charge in [0, 0.05) is 32.2 Å². The lowest BCUT2D eigenvalue weighted by atomic mass is 10.1. The van der Waals surface area contributed by atoms with E-state index in [1.54, 1.807) is 0 Å². The maximum Gasteiger partial charge on any atom is 0.0237 e. The number of hydrogen-bond acceptors (Lipinski definition) is 3. The van der Waals surface area contributed by atoms with Crippen LogP contribution in [0.15, 0.2) is 24.3 Å². The van der Waals surface area contributed by atoms with Crippen molar-refractivity contribution in [3.8, 4) is 0 Å². The molecule has 0 radical (unpaired) electrons. The van der Waals surface area contributed by atoms with Gasteiger partial charge in [-0.2, -0.15) is 0 Å². The van der Waals surface area contributed by atoms with E-state index in [2.05, 4.69) is 60.3 Å². The molecule has 0 aliphatic carbocycles. The smallest absolute Gasteiger partial charge is 0.0237 e. The number of nitrogens with one attached hydrogen (secondary N) is 1. The largest absolute Gasteiger partial charge is 0.313 e. The molecule has 0 spiro atoms. The highest BCUT2D eigenvalue weighted by molar-refractivity contribution is 5.23. The average Bonchev–Trinajstić information content (AvgIpc) is 2.67. The molecule has 21 heavy (non-hydrogen) atoms. The summed E-state index contributed by atoms with van der Waals surface area (Å²) in [6.45, 7) is 11.2. The summed E-state index contributed by atoms with van der Waals surface area (Å²) in [5, 5.41) is 3.41. The second-order valence-electron chi connectivity index (χ2n) is 6.25. The van der Waals surface area contributed by atoms with Crippen molar-refractivity contribution in [1.82, 2.24) is 15.1 Å². The van der Waals surface area contributed by atoms with E-state index < -0.39 is 0 Å². The van der Waals surface area contributed by atoms with E-state index in [0.717, 1.165) is 19.6 Å². The molecule has 1 saturated heterocycles. The Labute approximate surface area is 130 Å². The van der Waals surface area contributed by atoms with Crippen LogP contribution in [0.5, 0.6) is 0 Å². The van der Waals surface area contributed by atoms with E-state index in [1.807, 2.05) is 0 Å². The van der Waals surface area contributed by atoms with Crippen molar-refractivity contribution in [3.63, 3.8) is 0 Å². The lowest BCUT2D eigenvalue weighted by Gasteiger charge is -2.30. The van der Waals surface area contributed by atoms with E-state index in [4.69, 9.17) is 0 Å². The highest BCUT2D eigenvalue weighted by atomic mass is 15.2. The van der Waals surface area contributed by atoms with Crippen LogP contribution in [0.4, 0.5) is 0 Å². The molecule has 118 valence electrons. The standard InChI is InChI=1S/C18H31N3/c1-4-18-15-20(3)10-7-11-21(18)14-17-9-6-8-16(12-17)13-19-5-2/h6,8-9,12,18-19H,4-5,7,10-11,13-15H2,1-3H3. The quantitative estimate of drug-likeness (QED) is 0.869. The molecule has 1 aromatic rings. The molecule has 3 heteroatoms. The second kappa shape index (κ2) is 8.52. The van der Waals surface area contributed by atoms with Gasteiger partial charge in [0.25, 0.3) is 0 Å². The van der Waals surface area contributed by atoms with Gasteiger partial charge in [0.2, 0.25) is 0 Å². The third-order valence-corrected chi connectivity index (χ3v) is 4.45. The third kappa shape index (κ3) is 5.10. The van der Waals surface area contributed by atoms with E-state index in [9.17, 15) is 0 Å². The van der Waals surface area contributed by atoms with Gasteiger partial charge in [-0.1, -0.05) is 38.1 Å². The fourth-order valence-electron chi connectivity index (χ4n) is 3.23. The van der Waals surface area contributed by atoms with Crippen molar-refractivity contribution >= 4 is 0 Å². The number of rotatable bonds is 6. The van der Waals surface area contributed by atoms with Gasteiger partial charge in [0.15, 0.2) is 0 Å². The average molecular weight is 289 g/mol. The molecule has 1 aliphatic rings. The Kier molecular flexibility index (Phi) is 6.68. The SMILES string of the molecule is CCNCc1cccc(CN2CCCN(C)CC2CC)c1. The monoisotopic (exact) mass is 289 g/mol. The molecule has 1 unspecified atom stereocenters. The zero-order valence-electron chi connectivity index (χ0n) is 13.9. The van der Waals surface area contributed by atoms with Gasteiger partial charge in [0.05, 0.1) is 0 Å². The Hall–Kier alpha value is -0.900. The van der Waals surface area contributed by atoms with Gasteiger partial charge in [0.1, 0.15) is 0 Å². The summed E-state index contributed by atoms with van der Waals surface area (Å²) in [4.78, 5) is 5.16. The Bertz CT molecular complexity index is 419. The van der Waals surface area contributed by atoms with Gasteiger partial charge < -0.3 is 10.2 Å². The molecule has 0 saturated carbocycles. The fraction of sp³-hybridized carbons (Fsp3) is 0.667. The van der Waals surface area contributed by atoms with Crippen molar-refractivity contribution in [2.24, 2.45) is 0 Å². The summed E-state index contributed by atoms with van der Waals surface area (Å²) in [5.74, 6) is 0. The summed E-state index contributed by atoms with van der Waals surface area (Å²) in [5.41, 5.74) is 2.85. The van der Waals surface area contributed by atoms with Crippen LogP contribution in [-0.2, 0) is 13.1 Å². The first-order chi connectivity index (χ1) is 10.2. The van der Waals surface area contributed by atoms with Gasteiger partial charge in [-0.05, 0) is 44.1 Å². The minimum atomic E-state index is 0.690. The first-order valence-corrected chi connectivity index (χ1v) is 8.44. The first kappa shape index (κ1) is 16.5. The lowest BCUT2D eigenvalue weighted by Crippen LogP contribution is -2.39. The maximum atomic E-state index is 3.41. The van der Waals surface area contributed by atoms with Crippen molar-refractivity contribution in [1.29, 1.82) is 0 Å². The van der Waals surface area contributed by atoms with Crippen LogP contribution in [0.25, 0.3) is 0 Å². The minimum absolute atomic E-state index is 0.690. The van der Waals surface area contributed by atoms with E-state index in [0.29, 0.717) is 6.04 Å². The van der Waals surface area contributed by atoms with Crippen LogP contribution in [-0.4, -0.2) is 49.1 Å². The summed E-state index contributed by atoms with van der Waals surface area (Å²) in [6, 6.07) is 9.75. The van der Waals surface area contributed by atoms with Crippen LogP contribution in [0.3, 0.4) is 0 Å². The Balaban J connectivity index is 2.01. The summed E-state index contributed by atoms with van der Waals surface area (Å²) < 4.78 is 0. The van der Waals surface area contributed by atoms with Gasteiger partial charge in [-0.3, -0.25) is 4.90 Å². The molecule has 0 aromatic heterocycles. The molecule has 1 atom stereocenters. The van der Waals surface area contributed by atoms with E-state index >= 15 is 0 Å². The third-order valence-electron chi connectivity index (χ3n) is 4.45. The molecule has 0 bridgehead atoms. The predicted molar refractivity (Wildman–Crippen MR) is 90.4 cm³/mol. The van der Waals surface area contributed by atoms with Crippen LogP contribution in [0.1, 0.15) is 37.8 Å². The highest BCUT2D eigenvalue weighted by Gasteiger charge is 2.21. The molecule has 1 fully saturated rings. The minimum Gasteiger partial charge on any atom is -0.313 e. The topological polar surface area (TPSA) is 18.5 Å². The second-order valence-corrected chi connectivity index (χ2v) is 6.25. The van der Waals surface area contributed by atoms with Crippen LogP contribution in [0, 0.1) is 0 Å². The summed E-state index contributed by atoms with van der Waals surface area (Å²) in [7, 11) is 2.25. The molecule has 2 rings (SSSR count). The number of benzene rings is 1. The van der Waals surface area contributed by atoms with Gasteiger partial charge in [-0.15, -0.1) is 0 Å². The zero-order valence-corrected chi connectivity index (χ0v) is 13.9. The molecule has 1 heterocycles. The first-order valence-electron chi connectivity index (χ1n) is 8.44. The van der Waals surface area contributed by atoms with E-state index in [-0.39, 0.29) is 0 Å². The molecule has 0 amide bonds. The Morgan fingerprint density at radius 1 is 1.19 bits per heavy atom. The van der Waals surface area contributed by atoms with Crippen LogP contribution < -0.4 is 5.32 Å². The highest BCUT2D eigenvalue weighted by Crippen LogP contribution is 2.16. The van der Waals surface area contributed by atoms with Crippen LogP contribution in [0.2, 0.25) is 0 Å². The summed E-state index contributed by atoms with van der Waals surface area (Å²) in [6.07, 6.45) is 2.52. The molecule has 1 N–H and O–H groups in total. The van der Waals surface area contributed by atoms with Crippen molar-refractivity contribution in [2.45, 2.75) is 45.8 Å². The Morgan fingerprint density at radius 3 is 2.76 bits per heavy atom. The number of nitrogens with zero attached hydrogens (tertiary/aromatic N) is 2. The zero-order chi connectivity index (χ0) is 15.1. The fourth-order valence-corrected chi connectivity index (χ4v) is 3.23. The van der Waals surface area contributed by atoms with Gasteiger partial charge >= 0.3 is 0 Å². The van der Waals surface area contributed by atoms with E-state index in [1.165, 1.54) is 43.6 Å². The van der Waals surface area contributed by atoms with Crippen LogP contribution >= 0.6 is 0 Å². The summed E-state index contributed by atoms with van der Waals surface area (Å²) >= 11 is 0. The molecule has 1 aliphatic heterocycles. The number of hydrogen-bond donors (Lipinski definition) is 1. The van der Waals surface area contributed by atoms with Crippen molar-refractivity contribution in [2.75, 3.05) is 33.2 Å². The van der Waals surface area contributed by atoms with Crippen molar-refractivity contribution < 1.29 is 0 Å². The Morgan fingerprint density at radius 2 is 2.00 bits per heavy atom. The van der Waals surface area contributed by atoms with Crippen molar-refractivity contribution in [3.05, 3.63) is 35.4 Å². The molecule has 1 aromatic carbocycles. The maximum absolute atomic E-state index is 3.41. The molecule has 3 nitrogen and oxygen atoms in total. The predicted octanol–water partition coefficient (Wildman–Crippen LogP) is 2.71. The number of likely N-dealkylation sites (N-methyl/N-ethyl adjacent to an activating group) is 1. The van der Waals surface area contributed by atoms with Gasteiger partial charge in [-0.25, -0.2) is 0 Å². The molecular weight excluding hydrogens is 258 g/mol.